The molecule has 132 valence electrons. The van der Waals surface area contributed by atoms with Gasteiger partial charge >= 0.3 is 0 Å². The summed E-state index contributed by atoms with van der Waals surface area (Å²) in [6.45, 7) is 4.41. The van der Waals surface area contributed by atoms with Crippen molar-refractivity contribution >= 4 is 30.7 Å². The molecule has 2 atom stereocenters. The summed E-state index contributed by atoms with van der Waals surface area (Å²) in [6.07, 6.45) is 2.42. The zero-order valence-corrected chi connectivity index (χ0v) is 15.3. The minimum absolute atomic E-state index is 0. The molecule has 23 heavy (non-hydrogen) atoms. The molecule has 0 radical (unpaired) electrons. The van der Waals surface area contributed by atoms with Gasteiger partial charge in [-0.2, -0.15) is 0 Å². The number of nitrogens with zero attached hydrogens (tertiary/aromatic N) is 1. The van der Waals surface area contributed by atoms with E-state index in [0.29, 0.717) is 6.54 Å². The molecule has 0 aromatic heterocycles. The quantitative estimate of drug-likeness (QED) is 0.812. The van der Waals surface area contributed by atoms with E-state index in [9.17, 15) is 4.79 Å². The number of rotatable bonds is 6. The van der Waals surface area contributed by atoms with Gasteiger partial charge in [0, 0.05) is 6.54 Å². The number of hydrogen-bond donors (Lipinski definition) is 2. The van der Waals surface area contributed by atoms with Crippen molar-refractivity contribution in [3.05, 3.63) is 29.8 Å². The van der Waals surface area contributed by atoms with Crippen LogP contribution in [0.15, 0.2) is 24.3 Å². The Kier molecular flexibility index (Phi) is 10.2. The van der Waals surface area contributed by atoms with Crippen LogP contribution in [0, 0.1) is 0 Å². The Bertz CT molecular complexity index is 480. The van der Waals surface area contributed by atoms with E-state index >= 15 is 0 Å². The van der Waals surface area contributed by atoms with Crippen molar-refractivity contribution in [3.63, 3.8) is 0 Å². The Labute approximate surface area is 150 Å². The number of carbonyl (C=O) groups excluding carboxylic acids is 1. The number of methoxy groups -OCH3 is 1. The first-order chi connectivity index (χ1) is 10.1. The predicted molar refractivity (Wildman–Crippen MR) is 97.7 cm³/mol. The summed E-state index contributed by atoms with van der Waals surface area (Å²) in [5.74, 6) is 0.734. The molecule has 3 N–H and O–H groups in total. The summed E-state index contributed by atoms with van der Waals surface area (Å²) >= 11 is 0. The van der Waals surface area contributed by atoms with E-state index in [0.717, 1.165) is 18.8 Å². The molecule has 5 nitrogen and oxygen atoms in total. The molecule has 7 heteroatoms. The van der Waals surface area contributed by atoms with Gasteiger partial charge in [0.2, 0.25) is 5.91 Å². The minimum Gasteiger partial charge on any atom is -0.497 e. The second kappa shape index (κ2) is 10.7. The van der Waals surface area contributed by atoms with Crippen LogP contribution in [0.4, 0.5) is 0 Å². The van der Waals surface area contributed by atoms with E-state index in [4.69, 9.17) is 10.5 Å². The Balaban J connectivity index is 0.00000242. The van der Waals surface area contributed by atoms with Gasteiger partial charge in [-0.1, -0.05) is 12.1 Å². The third kappa shape index (κ3) is 6.18. The van der Waals surface area contributed by atoms with Crippen LogP contribution in [-0.2, 0) is 4.79 Å². The molecular weight excluding hydrogens is 337 g/mol. The molecule has 1 amide bonds. The van der Waals surface area contributed by atoms with Crippen LogP contribution in [0.3, 0.4) is 0 Å². The van der Waals surface area contributed by atoms with Gasteiger partial charge in [-0.25, -0.2) is 0 Å². The van der Waals surface area contributed by atoms with Gasteiger partial charge in [0.05, 0.1) is 19.2 Å². The van der Waals surface area contributed by atoms with Crippen LogP contribution < -0.4 is 15.8 Å². The average Bonchev–Trinajstić information content (AvgIpc) is 3.01. The predicted octanol–water partition coefficient (Wildman–Crippen LogP) is 2.14. The Morgan fingerprint density at radius 3 is 2.57 bits per heavy atom. The summed E-state index contributed by atoms with van der Waals surface area (Å²) in [7, 11) is 1.67. The van der Waals surface area contributed by atoms with Gasteiger partial charge in [-0.15, -0.1) is 24.8 Å². The Morgan fingerprint density at radius 2 is 2.00 bits per heavy atom. The number of nitrogens with two attached hydrogens (primary N) is 1. The SMILES string of the molecule is COc1cccc(C(CNC(=O)[C@@H](C)N)N2CCCC2)c1.Cl.Cl. The van der Waals surface area contributed by atoms with Crippen LogP contribution in [0.25, 0.3) is 0 Å². The van der Waals surface area contributed by atoms with Crippen LogP contribution >= 0.6 is 24.8 Å². The molecule has 0 saturated carbocycles. The van der Waals surface area contributed by atoms with E-state index in [1.54, 1.807) is 14.0 Å². The summed E-state index contributed by atoms with van der Waals surface area (Å²) in [6, 6.07) is 7.75. The number of ether oxygens (including phenoxy) is 1. The van der Waals surface area contributed by atoms with Crippen molar-refractivity contribution in [2.75, 3.05) is 26.7 Å². The van der Waals surface area contributed by atoms with E-state index in [2.05, 4.69) is 16.3 Å². The highest BCUT2D eigenvalue weighted by Crippen LogP contribution is 2.27. The molecular formula is C16H27Cl2N3O2. The number of likely N-dealkylation sites (tertiary alicyclic amines) is 1. The zero-order valence-electron chi connectivity index (χ0n) is 13.7. The largest absolute Gasteiger partial charge is 0.497 e. The molecule has 1 aliphatic rings. The first-order valence-electron chi connectivity index (χ1n) is 7.53. The highest BCUT2D eigenvalue weighted by atomic mass is 35.5. The fourth-order valence-electron chi connectivity index (χ4n) is 2.72. The van der Waals surface area contributed by atoms with Crippen LogP contribution in [-0.4, -0.2) is 43.6 Å². The number of carbonyl (C=O) groups is 1. The fourth-order valence-corrected chi connectivity index (χ4v) is 2.72. The van der Waals surface area contributed by atoms with Gasteiger partial charge in [0.15, 0.2) is 0 Å². The second-order valence-electron chi connectivity index (χ2n) is 5.57. The molecule has 1 unspecified atom stereocenters. The van der Waals surface area contributed by atoms with Crippen LogP contribution in [0.1, 0.15) is 31.4 Å². The Hall–Kier alpha value is -1.01. The molecule has 1 heterocycles. The molecule has 1 fully saturated rings. The number of amides is 1. The van der Waals surface area contributed by atoms with Gasteiger partial charge in [-0.05, 0) is 50.6 Å². The molecule has 1 aromatic carbocycles. The molecule has 2 rings (SSSR count). The van der Waals surface area contributed by atoms with Crippen LogP contribution in [0.5, 0.6) is 5.75 Å². The molecule has 0 aliphatic carbocycles. The summed E-state index contributed by atoms with van der Waals surface area (Å²) in [5, 5.41) is 2.95. The topological polar surface area (TPSA) is 67.6 Å². The lowest BCUT2D eigenvalue weighted by Crippen LogP contribution is -2.43. The molecule has 1 aromatic rings. The standard InChI is InChI=1S/C16H25N3O2.2ClH/c1-12(17)16(20)18-11-15(19-8-3-4-9-19)13-6-5-7-14(10-13)21-2;;/h5-7,10,12,15H,3-4,8-9,11,17H2,1-2H3,(H,18,20);2*1H/t12-,15?;;/m1../s1. The maximum Gasteiger partial charge on any atom is 0.236 e. The maximum absolute atomic E-state index is 11.7. The first-order valence-corrected chi connectivity index (χ1v) is 7.53. The summed E-state index contributed by atoms with van der Waals surface area (Å²) in [4.78, 5) is 14.2. The molecule has 1 saturated heterocycles. The molecule has 1 aliphatic heterocycles. The second-order valence-corrected chi connectivity index (χ2v) is 5.57. The lowest BCUT2D eigenvalue weighted by molar-refractivity contribution is -0.122. The van der Waals surface area contributed by atoms with Crippen molar-refractivity contribution in [3.8, 4) is 5.75 Å². The summed E-state index contributed by atoms with van der Waals surface area (Å²) < 4.78 is 5.31. The van der Waals surface area contributed by atoms with Gasteiger partial charge < -0.3 is 15.8 Å². The van der Waals surface area contributed by atoms with Gasteiger partial charge in [0.25, 0.3) is 0 Å². The lowest BCUT2D eigenvalue weighted by Gasteiger charge is -2.28. The van der Waals surface area contributed by atoms with Crippen molar-refractivity contribution in [1.82, 2.24) is 10.2 Å². The van der Waals surface area contributed by atoms with Gasteiger partial charge in [-0.3, -0.25) is 9.69 Å². The number of benzene rings is 1. The third-order valence-electron chi connectivity index (χ3n) is 3.94. The minimum atomic E-state index is -0.477. The number of nitrogens with one attached hydrogen (secondary N) is 1. The average molecular weight is 364 g/mol. The normalized spacial score (nSPS) is 16.7. The highest BCUT2D eigenvalue weighted by Gasteiger charge is 2.24. The van der Waals surface area contributed by atoms with Crippen molar-refractivity contribution < 1.29 is 9.53 Å². The van der Waals surface area contributed by atoms with E-state index < -0.39 is 6.04 Å². The van der Waals surface area contributed by atoms with Crippen LogP contribution in [0.2, 0.25) is 0 Å². The van der Waals surface area contributed by atoms with Crippen molar-refractivity contribution in [1.29, 1.82) is 0 Å². The van der Waals surface area contributed by atoms with Crippen molar-refractivity contribution in [2.24, 2.45) is 5.73 Å². The van der Waals surface area contributed by atoms with E-state index in [1.165, 1.54) is 18.4 Å². The smallest absolute Gasteiger partial charge is 0.236 e. The van der Waals surface area contributed by atoms with E-state index in [-0.39, 0.29) is 36.8 Å². The third-order valence-corrected chi connectivity index (χ3v) is 3.94. The summed E-state index contributed by atoms with van der Waals surface area (Å²) in [5.41, 5.74) is 6.78. The lowest BCUT2D eigenvalue weighted by atomic mass is 10.0. The molecule has 0 bridgehead atoms. The monoisotopic (exact) mass is 363 g/mol. The maximum atomic E-state index is 11.7. The highest BCUT2D eigenvalue weighted by molar-refractivity contribution is 5.85. The zero-order chi connectivity index (χ0) is 15.2. The van der Waals surface area contributed by atoms with Gasteiger partial charge in [0.1, 0.15) is 5.75 Å². The number of hydrogen-bond acceptors (Lipinski definition) is 4. The number of halogens is 2. The first kappa shape index (κ1) is 22.0. The molecule has 0 spiro atoms. The van der Waals surface area contributed by atoms with E-state index in [1.807, 2.05) is 18.2 Å². The fraction of sp³-hybridized carbons (Fsp3) is 0.562. The van der Waals surface area contributed by atoms with Crippen molar-refractivity contribution in [2.45, 2.75) is 31.8 Å². The Morgan fingerprint density at radius 1 is 1.35 bits per heavy atom.